The minimum absolute atomic E-state index is 0.0991. The summed E-state index contributed by atoms with van der Waals surface area (Å²) in [5, 5.41) is 0. The van der Waals surface area contributed by atoms with Gasteiger partial charge in [-0.3, -0.25) is 4.79 Å². The molecule has 2 saturated heterocycles. The van der Waals surface area contributed by atoms with Crippen molar-refractivity contribution in [2.45, 2.75) is 4.58 Å². The Hall–Kier alpha value is -1.66. The first-order valence-electron chi connectivity index (χ1n) is 8.84. The van der Waals surface area contributed by atoms with Crippen molar-refractivity contribution in [2.24, 2.45) is 0 Å². The monoisotopic (exact) mass is 388 g/mol. The van der Waals surface area contributed by atoms with Crippen molar-refractivity contribution >= 4 is 35.1 Å². The lowest BCUT2D eigenvalue weighted by atomic mass is 10.1. The van der Waals surface area contributed by atoms with Crippen LogP contribution in [0, 0.1) is 5.82 Å². The molecule has 136 valence electrons. The molecule has 0 aromatic heterocycles. The molecule has 0 N–H and O–H groups in total. The fourth-order valence-corrected chi connectivity index (χ4v) is 6.20. The van der Waals surface area contributed by atoms with E-state index in [0.29, 0.717) is 17.7 Å². The van der Waals surface area contributed by atoms with Gasteiger partial charge in [0.2, 0.25) is 0 Å². The van der Waals surface area contributed by atoms with E-state index in [0.717, 1.165) is 24.3 Å². The summed E-state index contributed by atoms with van der Waals surface area (Å²) >= 11 is 3.95. The fraction of sp³-hybridized carbons (Fsp3) is 0.350. The Morgan fingerprint density at radius 3 is 2.12 bits per heavy atom. The van der Waals surface area contributed by atoms with Crippen LogP contribution in [0.25, 0.3) is 0 Å². The molecule has 2 aromatic rings. The molecule has 4 rings (SSSR count). The average molecular weight is 389 g/mol. The van der Waals surface area contributed by atoms with Gasteiger partial charge in [0.15, 0.2) is 0 Å². The molecule has 1 amide bonds. The largest absolute Gasteiger partial charge is 0.368 e. The molecule has 0 saturated carbocycles. The number of hydrogen-bond acceptors (Lipinski definition) is 4. The van der Waals surface area contributed by atoms with Gasteiger partial charge in [-0.2, -0.15) is 0 Å². The normalized spacial score (nSPS) is 18.3. The van der Waals surface area contributed by atoms with Gasteiger partial charge in [-0.1, -0.05) is 12.1 Å². The van der Waals surface area contributed by atoms with Crippen molar-refractivity contribution < 1.29 is 9.18 Å². The first-order chi connectivity index (χ1) is 12.7. The number of thioether (sulfide) groups is 2. The topological polar surface area (TPSA) is 23.6 Å². The van der Waals surface area contributed by atoms with Gasteiger partial charge in [-0.15, -0.1) is 23.5 Å². The summed E-state index contributed by atoms with van der Waals surface area (Å²) in [5.41, 5.74) is 3.07. The zero-order valence-corrected chi connectivity index (χ0v) is 16.1. The van der Waals surface area contributed by atoms with Gasteiger partial charge in [0.1, 0.15) is 5.82 Å². The summed E-state index contributed by atoms with van der Waals surface area (Å²) in [5.74, 6) is 2.28. The van der Waals surface area contributed by atoms with E-state index >= 15 is 0 Å². The SMILES string of the molecule is O=C(c1ccc(C2SCCS2)cc1)N1CCN(c2ccc(F)cc2)CC1. The predicted molar refractivity (Wildman–Crippen MR) is 109 cm³/mol. The van der Waals surface area contributed by atoms with E-state index in [1.165, 1.54) is 29.2 Å². The van der Waals surface area contributed by atoms with Crippen LogP contribution >= 0.6 is 23.5 Å². The Bertz CT molecular complexity index is 752. The smallest absolute Gasteiger partial charge is 0.253 e. The molecule has 0 radical (unpaired) electrons. The first-order valence-corrected chi connectivity index (χ1v) is 10.9. The van der Waals surface area contributed by atoms with E-state index in [4.69, 9.17) is 0 Å². The van der Waals surface area contributed by atoms with Crippen LogP contribution in [0.2, 0.25) is 0 Å². The molecule has 0 bridgehead atoms. The summed E-state index contributed by atoms with van der Waals surface area (Å²) in [6, 6.07) is 14.7. The van der Waals surface area contributed by atoms with E-state index in [-0.39, 0.29) is 11.7 Å². The molecule has 3 nitrogen and oxygen atoms in total. The summed E-state index contributed by atoms with van der Waals surface area (Å²) in [7, 11) is 0. The maximum atomic E-state index is 13.1. The highest BCUT2D eigenvalue weighted by Crippen LogP contribution is 2.45. The number of hydrogen-bond donors (Lipinski definition) is 0. The number of amides is 1. The number of carbonyl (C=O) groups excluding carboxylic acids is 1. The van der Waals surface area contributed by atoms with E-state index in [1.807, 2.05) is 40.6 Å². The van der Waals surface area contributed by atoms with E-state index in [1.54, 1.807) is 12.1 Å². The number of piperazine rings is 1. The minimum atomic E-state index is -0.222. The molecule has 26 heavy (non-hydrogen) atoms. The summed E-state index contributed by atoms with van der Waals surface area (Å²) in [6.07, 6.45) is 0. The Kier molecular flexibility index (Phi) is 5.41. The summed E-state index contributed by atoms with van der Waals surface area (Å²) in [6.45, 7) is 2.91. The molecule has 0 spiro atoms. The van der Waals surface area contributed by atoms with Gasteiger partial charge in [-0.05, 0) is 42.0 Å². The molecule has 0 atom stereocenters. The molecule has 2 aliphatic heterocycles. The van der Waals surface area contributed by atoms with Crippen LogP contribution in [-0.2, 0) is 0 Å². The lowest BCUT2D eigenvalue weighted by Crippen LogP contribution is -2.48. The van der Waals surface area contributed by atoms with Crippen LogP contribution in [-0.4, -0.2) is 48.5 Å². The Morgan fingerprint density at radius 2 is 1.50 bits per heavy atom. The van der Waals surface area contributed by atoms with Crippen molar-refractivity contribution in [2.75, 3.05) is 42.6 Å². The lowest BCUT2D eigenvalue weighted by Gasteiger charge is -2.36. The zero-order valence-electron chi connectivity index (χ0n) is 14.4. The predicted octanol–water partition coefficient (Wildman–Crippen LogP) is 4.27. The zero-order chi connectivity index (χ0) is 17.9. The van der Waals surface area contributed by atoms with Crippen molar-refractivity contribution in [3.63, 3.8) is 0 Å². The molecular weight excluding hydrogens is 367 g/mol. The highest BCUT2D eigenvalue weighted by Gasteiger charge is 2.23. The third-order valence-corrected chi connectivity index (χ3v) is 7.91. The number of rotatable bonds is 3. The Morgan fingerprint density at radius 1 is 0.885 bits per heavy atom. The number of nitrogens with zero attached hydrogens (tertiary/aromatic N) is 2. The van der Waals surface area contributed by atoms with E-state index in [2.05, 4.69) is 17.0 Å². The van der Waals surface area contributed by atoms with Crippen LogP contribution in [0.4, 0.5) is 10.1 Å². The molecule has 2 fully saturated rings. The first kappa shape index (κ1) is 17.7. The van der Waals surface area contributed by atoms with E-state index in [9.17, 15) is 9.18 Å². The molecule has 2 heterocycles. The quantitative estimate of drug-likeness (QED) is 0.784. The van der Waals surface area contributed by atoms with Crippen molar-refractivity contribution in [1.82, 2.24) is 4.90 Å². The van der Waals surface area contributed by atoms with Crippen LogP contribution in [0.5, 0.6) is 0 Å². The number of benzene rings is 2. The average Bonchev–Trinajstić information content (AvgIpc) is 3.23. The second-order valence-corrected chi connectivity index (χ2v) is 9.18. The van der Waals surface area contributed by atoms with Gasteiger partial charge in [0.05, 0.1) is 4.58 Å². The van der Waals surface area contributed by atoms with E-state index < -0.39 is 0 Å². The van der Waals surface area contributed by atoms with Gasteiger partial charge in [-0.25, -0.2) is 4.39 Å². The standard InChI is InChI=1S/C20H21FN2OS2/c21-17-5-7-18(8-6-17)22-9-11-23(12-10-22)19(24)15-1-3-16(4-2-15)20-25-13-14-26-20/h1-8,20H,9-14H2. The highest BCUT2D eigenvalue weighted by atomic mass is 32.2. The molecular formula is C20H21FN2OS2. The van der Waals surface area contributed by atoms with Crippen LogP contribution in [0.1, 0.15) is 20.5 Å². The molecule has 0 aliphatic carbocycles. The number of anilines is 1. The minimum Gasteiger partial charge on any atom is -0.368 e. The lowest BCUT2D eigenvalue weighted by molar-refractivity contribution is 0.0747. The summed E-state index contributed by atoms with van der Waals surface area (Å²) in [4.78, 5) is 16.9. The van der Waals surface area contributed by atoms with Crippen LogP contribution < -0.4 is 4.90 Å². The van der Waals surface area contributed by atoms with Crippen molar-refractivity contribution in [3.8, 4) is 0 Å². The van der Waals surface area contributed by atoms with Gasteiger partial charge >= 0.3 is 0 Å². The Balaban J connectivity index is 1.36. The number of halogens is 1. The third kappa shape index (κ3) is 3.86. The second kappa shape index (κ2) is 7.92. The molecule has 2 aliphatic rings. The number of carbonyl (C=O) groups is 1. The second-order valence-electron chi connectivity index (χ2n) is 6.45. The highest BCUT2D eigenvalue weighted by molar-refractivity contribution is 8.19. The molecule has 2 aromatic carbocycles. The van der Waals surface area contributed by atoms with Gasteiger partial charge in [0.25, 0.3) is 5.91 Å². The molecule has 0 unspecified atom stereocenters. The maximum Gasteiger partial charge on any atom is 0.253 e. The maximum absolute atomic E-state index is 13.1. The van der Waals surface area contributed by atoms with Crippen LogP contribution in [0.15, 0.2) is 48.5 Å². The van der Waals surface area contributed by atoms with Crippen molar-refractivity contribution in [3.05, 3.63) is 65.5 Å². The summed E-state index contributed by atoms with van der Waals surface area (Å²) < 4.78 is 13.6. The van der Waals surface area contributed by atoms with Crippen molar-refractivity contribution in [1.29, 1.82) is 0 Å². The fourth-order valence-electron chi connectivity index (χ4n) is 3.34. The Labute approximate surface area is 161 Å². The van der Waals surface area contributed by atoms with Gasteiger partial charge < -0.3 is 9.80 Å². The van der Waals surface area contributed by atoms with Crippen LogP contribution in [0.3, 0.4) is 0 Å². The van der Waals surface area contributed by atoms with Gasteiger partial charge in [0, 0.05) is 48.9 Å². The molecule has 6 heteroatoms. The third-order valence-electron chi connectivity index (χ3n) is 4.81.